The van der Waals surface area contributed by atoms with Gasteiger partial charge >= 0.3 is 7.82 Å². The highest BCUT2D eigenvalue weighted by molar-refractivity contribution is 7.46. The molecular formula is C12H17O5P. The molecule has 18 heavy (non-hydrogen) atoms. The number of benzene rings is 1. The molecule has 0 aliphatic heterocycles. The third kappa shape index (κ3) is 4.52. The van der Waals surface area contributed by atoms with Crippen LogP contribution in [0.3, 0.4) is 0 Å². The quantitative estimate of drug-likeness (QED) is 0.775. The van der Waals surface area contributed by atoms with Crippen LogP contribution in [-0.2, 0) is 20.4 Å². The average Bonchev–Trinajstić information content (AvgIpc) is 2.25. The summed E-state index contributed by atoms with van der Waals surface area (Å²) in [6, 6.07) is 9.89. The van der Waals surface area contributed by atoms with E-state index in [2.05, 4.69) is 4.52 Å². The minimum absolute atomic E-state index is 0.323. The number of rotatable bonds is 6. The predicted octanol–water partition coefficient (Wildman–Crippen LogP) is 2.09. The Hall–Kier alpha value is -0.710. The Morgan fingerprint density at radius 2 is 1.89 bits per heavy atom. The smallest absolute Gasteiger partial charge is 0.376 e. The lowest BCUT2D eigenvalue weighted by Gasteiger charge is -2.34. The molecule has 0 radical (unpaired) electrons. The van der Waals surface area contributed by atoms with Gasteiger partial charge in [-0.2, -0.15) is 0 Å². The van der Waals surface area contributed by atoms with E-state index in [-0.39, 0.29) is 6.10 Å². The zero-order valence-electron chi connectivity index (χ0n) is 9.94. The molecule has 1 aliphatic rings. The van der Waals surface area contributed by atoms with Crippen molar-refractivity contribution >= 4 is 7.82 Å². The molecule has 100 valence electrons. The summed E-state index contributed by atoms with van der Waals surface area (Å²) in [6.07, 6.45) is 0.982. The van der Waals surface area contributed by atoms with E-state index in [0.717, 1.165) is 5.56 Å². The maximum atomic E-state index is 10.6. The molecule has 0 atom stereocenters. The van der Waals surface area contributed by atoms with Crippen LogP contribution in [0.25, 0.3) is 0 Å². The fourth-order valence-electron chi connectivity index (χ4n) is 2.01. The second-order valence-electron chi connectivity index (χ2n) is 4.56. The highest BCUT2D eigenvalue weighted by atomic mass is 31.2. The van der Waals surface area contributed by atoms with Crippen LogP contribution in [0, 0.1) is 5.92 Å². The standard InChI is InChI=1S/C12H17O5P/c13-18(14,15)17-12-6-11(7-12)9-16-8-10-4-2-1-3-5-10/h1-5,11-12H,6-9H2,(H2,13,14,15). The first-order valence-electron chi connectivity index (χ1n) is 5.88. The van der Waals surface area contributed by atoms with Crippen LogP contribution >= 0.6 is 7.82 Å². The Kier molecular flexibility index (Phi) is 4.54. The van der Waals surface area contributed by atoms with Crippen molar-refractivity contribution in [1.82, 2.24) is 0 Å². The fraction of sp³-hybridized carbons (Fsp3) is 0.500. The van der Waals surface area contributed by atoms with Crippen molar-refractivity contribution in [3.63, 3.8) is 0 Å². The van der Waals surface area contributed by atoms with Gasteiger partial charge in [-0.3, -0.25) is 4.52 Å². The maximum absolute atomic E-state index is 10.6. The first-order chi connectivity index (χ1) is 8.53. The summed E-state index contributed by atoms with van der Waals surface area (Å²) in [6.45, 7) is 1.18. The molecule has 1 aliphatic carbocycles. The molecule has 1 aromatic carbocycles. The zero-order valence-corrected chi connectivity index (χ0v) is 10.8. The molecular weight excluding hydrogens is 255 g/mol. The van der Waals surface area contributed by atoms with E-state index in [9.17, 15) is 4.57 Å². The Morgan fingerprint density at radius 1 is 1.22 bits per heavy atom. The van der Waals surface area contributed by atoms with E-state index in [0.29, 0.717) is 32.0 Å². The fourth-order valence-corrected chi connectivity index (χ4v) is 2.57. The second kappa shape index (κ2) is 5.95. The van der Waals surface area contributed by atoms with E-state index in [4.69, 9.17) is 14.5 Å². The SMILES string of the molecule is O=P(O)(O)OC1CC(COCc2ccccc2)C1. The van der Waals surface area contributed by atoms with Crippen LogP contribution in [0.1, 0.15) is 18.4 Å². The lowest BCUT2D eigenvalue weighted by atomic mass is 9.83. The van der Waals surface area contributed by atoms with E-state index < -0.39 is 7.82 Å². The van der Waals surface area contributed by atoms with Crippen LogP contribution in [0.15, 0.2) is 30.3 Å². The highest BCUT2D eigenvalue weighted by Gasteiger charge is 2.34. The molecule has 0 aromatic heterocycles. The highest BCUT2D eigenvalue weighted by Crippen LogP contribution is 2.44. The first-order valence-corrected chi connectivity index (χ1v) is 7.41. The molecule has 1 saturated carbocycles. The van der Waals surface area contributed by atoms with Crippen molar-refractivity contribution in [2.75, 3.05) is 6.61 Å². The zero-order chi connectivity index (χ0) is 13.0. The van der Waals surface area contributed by atoms with Crippen molar-refractivity contribution in [2.24, 2.45) is 5.92 Å². The molecule has 1 fully saturated rings. The summed E-state index contributed by atoms with van der Waals surface area (Å²) in [5, 5.41) is 0. The minimum atomic E-state index is -4.33. The van der Waals surface area contributed by atoms with Gasteiger partial charge in [-0.15, -0.1) is 0 Å². The average molecular weight is 272 g/mol. The van der Waals surface area contributed by atoms with Gasteiger partial charge < -0.3 is 14.5 Å². The monoisotopic (exact) mass is 272 g/mol. The summed E-state index contributed by atoms with van der Waals surface area (Å²) in [5.74, 6) is 0.338. The van der Waals surface area contributed by atoms with Crippen molar-refractivity contribution < 1.29 is 23.6 Å². The maximum Gasteiger partial charge on any atom is 0.469 e. The van der Waals surface area contributed by atoms with Crippen LogP contribution in [0.2, 0.25) is 0 Å². The number of hydrogen-bond acceptors (Lipinski definition) is 3. The number of phosphoric ester groups is 1. The van der Waals surface area contributed by atoms with Crippen LogP contribution in [0.4, 0.5) is 0 Å². The second-order valence-corrected chi connectivity index (χ2v) is 5.75. The molecule has 2 N–H and O–H groups in total. The minimum Gasteiger partial charge on any atom is -0.376 e. The van der Waals surface area contributed by atoms with Gasteiger partial charge in [0.1, 0.15) is 0 Å². The van der Waals surface area contributed by atoms with Gasteiger partial charge in [0.15, 0.2) is 0 Å². The molecule has 1 aromatic rings. The van der Waals surface area contributed by atoms with Gasteiger partial charge in [0.2, 0.25) is 0 Å². The van der Waals surface area contributed by atoms with Crippen molar-refractivity contribution in [2.45, 2.75) is 25.6 Å². The third-order valence-electron chi connectivity index (χ3n) is 2.94. The van der Waals surface area contributed by atoms with Crippen LogP contribution < -0.4 is 0 Å². The number of phosphoric acid groups is 1. The number of hydrogen-bond donors (Lipinski definition) is 2. The molecule has 5 nitrogen and oxygen atoms in total. The normalized spacial score (nSPS) is 23.7. The number of ether oxygens (including phenoxy) is 1. The molecule has 0 heterocycles. The van der Waals surface area contributed by atoms with Crippen molar-refractivity contribution in [1.29, 1.82) is 0 Å². The van der Waals surface area contributed by atoms with E-state index in [1.165, 1.54) is 0 Å². The van der Waals surface area contributed by atoms with E-state index >= 15 is 0 Å². The summed E-state index contributed by atoms with van der Waals surface area (Å²) < 4.78 is 20.7. The van der Waals surface area contributed by atoms with Gasteiger partial charge in [-0.05, 0) is 24.3 Å². The van der Waals surface area contributed by atoms with E-state index in [1.54, 1.807) is 0 Å². The van der Waals surface area contributed by atoms with Crippen LogP contribution in [0.5, 0.6) is 0 Å². The molecule has 0 amide bonds. The third-order valence-corrected chi connectivity index (χ3v) is 3.52. The van der Waals surface area contributed by atoms with Crippen molar-refractivity contribution in [3.8, 4) is 0 Å². The molecule has 0 unspecified atom stereocenters. The Labute approximate surface area is 106 Å². The summed E-state index contributed by atoms with van der Waals surface area (Å²) in [5.41, 5.74) is 1.12. The molecule has 0 saturated heterocycles. The largest absolute Gasteiger partial charge is 0.469 e. The topological polar surface area (TPSA) is 76.0 Å². The predicted molar refractivity (Wildman–Crippen MR) is 65.7 cm³/mol. The summed E-state index contributed by atoms with van der Waals surface area (Å²) >= 11 is 0. The van der Waals surface area contributed by atoms with Gasteiger partial charge in [0, 0.05) is 0 Å². The molecule has 6 heteroatoms. The van der Waals surface area contributed by atoms with Gasteiger partial charge in [0.05, 0.1) is 19.3 Å². The van der Waals surface area contributed by atoms with Gasteiger partial charge in [-0.1, -0.05) is 30.3 Å². The lowest BCUT2D eigenvalue weighted by molar-refractivity contribution is -0.0141. The Morgan fingerprint density at radius 3 is 2.50 bits per heavy atom. The molecule has 0 bridgehead atoms. The molecule has 0 spiro atoms. The Bertz CT molecular complexity index is 410. The van der Waals surface area contributed by atoms with Gasteiger partial charge in [0.25, 0.3) is 0 Å². The van der Waals surface area contributed by atoms with E-state index in [1.807, 2.05) is 30.3 Å². The van der Waals surface area contributed by atoms with Crippen molar-refractivity contribution in [3.05, 3.63) is 35.9 Å². The van der Waals surface area contributed by atoms with Gasteiger partial charge in [-0.25, -0.2) is 4.57 Å². The first kappa shape index (κ1) is 13.7. The lowest BCUT2D eigenvalue weighted by Crippen LogP contribution is -2.33. The molecule has 2 rings (SSSR count). The van der Waals surface area contributed by atoms with Crippen LogP contribution in [-0.4, -0.2) is 22.5 Å². The Balaban J connectivity index is 1.59. The summed E-state index contributed by atoms with van der Waals surface area (Å²) in [7, 11) is -4.33. The summed E-state index contributed by atoms with van der Waals surface area (Å²) in [4.78, 5) is 17.2.